The van der Waals surface area contributed by atoms with E-state index < -0.39 is 11.6 Å². The minimum absolute atomic E-state index is 0.0439. The highest BCUT2D eigenvalue weighted by Crippen LogP contribution is 2.49. The van der Waals surface area contributed by atoms with Crippen LogP contribution in [0.3, 0.4) is 0 Å². The Hall–Kier alpha value is -3.42. The van der Waals surface area contributed by atoms with E-state index in [1.54, 1.807) is 17.0 Å². The van der Waals surface area contributed by atoms with Crippen molar-refractivity contribution in [3.63, 3.8) is 0 Å². The molecule has 3 aromatic rings. The lowest BCUT2D eigenvalue weighted by Crippen LogP contribution is -2.55. The number of ether oxygens (including phenoxy) is 1. The lowest BCUT2D eigenvalue weighted by Gasteiger charge is -2.52. The lowest BCUT2D eigenvalue weighted by molar-refractivity contribution is 0.00864. The molecule has 8 heteroatoms. The van der Waals surface area contributed by atoms with E-state index >= 15 is 0 Å². The van der Waals surface area contributed by atoms with Gasteiger partial charge in [-0.1, -0.05) is 0 Å². The number of piperidine rings is 1. The number of benzene rings is 2. The first-order valence-electron chi connectivity index (χ1n) is 11.0. The largest absolute Gasteiger partial charge is 0.494 e. The highest BCUT2D eigenvalue weighted by Gasteiger charge is 2.47. The van der Waals surface area contributed by atoms with Gasteiger partial charge in [-0.25, -0.2) is 8.78 Å². The van der Waals surface area contributed by atoms with Crippen LogP contribution in [0.1, 0.15) is 46.4 Å². The van der Waals surface area contributed by atoms with Crippen molar-refractivity contribution in [2.24, 2.45) is 5.41 Å². The summed E-state index contributed by atoms with van der Waals surface area (Å²) in [7, 11) is 1.38. The fraction of sp³-hybridized carbons (Fsp3) is 0.360. The van der Waals surface area contributed by atoms with Crippen LogP contribution in [0.25, 0.3) is 11.0 Å². The molecule has 1 aliphatic heterocycles. The Morgan fingerprint density at radius 1 is 1.09 bits per heavy atom. The van der Waals surface area contributed by atoms with Gasteiger partial charge < -0.3 is 19.4 Å². The molecule has 1 aromatic heterocycles. The molecule has 0 atom stereocenters. The molecule has 6 nitrogen and oxygen atoms in total. The minimum atomic E-state index is -0.553. The second kappa shape index (κ2) is 8.17. The van der Waals surface area contributed by atoms with E-state index in [1.807, 2.05) is 0 Å². The van der Waals surface area contributed by atoms with Crippen LogP contribution >= 0.6 is 0 Å². The molecule has 1 aliphatic carbocycles. The number of hydrogen-bond acceptors (Lipinski definition) is 4. The quantitative estimate of drug-likeness (QED) is 0.629. The molecule has 2 aliphatic rings. The number of methoxy groups -OCH3 is 1. The number of halogens is 2. The summed E-state index contributed by atoms with van der Waals surface area (Å²) in [4.78, 5) is 27.3. The second-order valence-corrected chi connectivity index (χ2v) is 8.98. The van der Waals surface area contributed by atoms with Gasteiger partial charge in [0.05, 0.1) is 18.9 Å². The molecule has 1 saturated heterocycles. The molecule has 1 saturated carbocycles. The third-order valence-corrected chi connectivity index (χ3v) is 7.02. The van der Waals surface area contributed by atoms with Crippen molar-refractivity contribution in [2.75, 3.05) is 20.2 Å². The summed E-state index contributed by atoms with van der Waals surface area (Å²) in [6, 6.07) is 8.61. The zero-order valence-electron chi connectivity index (χ0n) is 18.2. The normalized spacial score (nSPS) is 17.7. The van der Waals surface area contributed by atoms with Crippen molar-refractivity contribution >= 4 is 22.8 Å². The summed E-state index contributed by atoms with van der Waals surface area (Å²) < 4.78 is 37.8. The van der Waals surface area contributed by atoms with Crippen LogP contribution in [0.4, 0.5) is 8.78 Å². The summed E-state index contributed by atoms with van der Waals surface area (Å²) >= 11 is 0. The zero-order valence-corrected chi connectivity index (χ0v) is 18.2. The number of carbonyl (C=O) groups excluding carboxylic acids is 2. The third kappa shape index (κ3) is 3.83. The summed E-state index contributed by atoms with van der Waals surface area (Å²) in [5.74, 6) is -1.36. The number of amides is 2. The van der Waals surface area contributed by atoms with Crippen molar-refractivity contribution in [3.8, 4) is 5.75 Å². The van der Waals surface area contributed by atoms with E-state index in [1.165, 1.54) is 37.6 Å². The zero-order chi connectivity index (χ0) is 23.2. The van der Waals surface area contributed by atoms with Gasteiger partial charge in [0.1, 0.15) is 0 Å². The molecular weight excluding hydrogens is 430 g/mol. The third-order valence-electron chi connectivity index (χ3n) is 7.02. The van der Waals surface area contributed by atoms with Crippen LogP contribution in [-0.4, -0.2) is 43.0 Å². The van der Waals surface area contributed by atoms with Gasteiger partial charge in [0, 0.05) is 30.1 Å². The summed E-state index contributed by atoms with van der Waals surface area (Å²) in [5.41, 5.74) is 0.899. The van der Waals surface area contributed by atoms with Crippen LogP contribution in [-0.2, 0) is 0 Å². The molecule has 0 bridgehead atoms. The maximum atomic E-state index is 14.0. The first-order valence-corrected chi connectivity index (χ1v) is 11.0. The van der Waals surface area contributed by atoms with Gasteiger partial charge in [-0.15, -0.1) is 0 Å². The van der Waals surface area contributed by atoms with Gasteiger partial charge in [0.15, 0.2) is 23.0 Å². The Bertz CT molecular complexity index is 1220. The molecule has 1 N–H and O–H groups in total. The average molecular weight is 454 g/mol. The van der Waals surface area contributed by atoms with Crippen molar-refractivity contribution in [1.82, 2.24) is 10.2 Å². The van der Waals surface area contributed by atoms with Gasteiger partial charge >= 0.3 is 0 Å². The van der Waals surface area contributed by atoms with Crippen LogP contribution in [0.2, 0.25) is 0 Å². The van der Waals surface area contributed by atoms with Gasteiger partial charge in [-0.3, -0.25) is 9.59 Å². The maximum absolute atomic E-state index is 14.0. The van der Waals surface area contributed by atoms with Gasteiger partial charge in [0.25, 0.3) is 11.8 Å². The van der Waals surface area contributed by atoms with Crippen molar-refractivity contribution in [2.45, 2.75) is 31.7 Å². The number of hydrogen-bond donors (Lipinski definition) is 1. The van der Waals surface area contributed by atoms with Crippen LogP contribution in [0, 0.1) is 17.0 Å². The van der Waals surface area contributed by atoms with E-state index in [0.29, 0.717) is 29.6 Å². The molecule has 2 fully saturated rings. The molecular formula is C25H24F2N2O4. The molecule has 1 spiro atoms. The van der Waals surface area contributed by atoms with Crippen molar-refractivity contribution in [1.29, 1.82) is 0 Å². The molecule has 172 valence electrons. The summed E-state index contributed by atoms with van der Waals surface area (Å²) in [5, 5.41) is 3.51. The fourth-order valence-corrected chi connectivity index (χ4v) is 5.15. The highest BCUT2D eigenvalue weighted by molar-refractivity contribution is 6.06. The number of nitrogens with zero attached hydrogens (tertiary/aromatic N) is 1. The van der Waals surface area contributed by atoms with Crippen molar-refractivity contribution < 1.29 is 27.5 Å². The topological polar surface area (TPSA) is 71.8 Å². The number of rotatable bonds is 4. The molecule has 0 unspecified atom stereocenters. The lowest BCUT2D eigenvalue weighted by atomic mass is 9.60. The van der Waals surface area contributed by atoms with E-state index in [2.05, 4.69) is 5.32 Å². The van der Waals surface area contributed by atoms with E-state index in [9.17, 15) is 18.4 Å². The standard InChI is InChI=1S/C25H24F2N2O4/c1-32-21-5-2-15(12-20(21)27)24(31)29-9-7-25(8-10-29)13-16(14-25)28-23(30)18-3-4-19(26)22-17(18)6-11-33-22/h2-6,11-12,16H,7-10,13-14H2,1H3,(H,28,30). The highest BCUT2D eigenvalue weighted by atomic mass is 19.1. The first kappa shape index (κ1) is 21.4. The number of likely N-dealkylation sites (tertiary alicyclic amines) is 1. The van der Waals surface area contributed by atoms with Gasteiger partial charge in [0.2, 0.25) is 0 Å². The van der Waals surface area contributed by atoms with Gasteiger partial charge in [-0.2, -0.15) is 0 Å². The fourth-order valence-electron chi connectivity index (χ4n) is 5.15. The predicted molar refractivity (Wildman–Crippen MR) is 117 cm³/mol. The predicted octanol–water partition coefficient (Wildman–Crippen LogP) is 4.53. The number of carbonyl (C=O) groups is 2. The molecule has 33 heavy (non-hydrogen) atoms. The number of fused-ring (bicyclic) bond motifs is 1. The molecule has 2 amide bonds. The van der Waals surface area contributed by atoms with Crippen molar-refractivity contribution in [3.05, 3.63) is 65.4 Å². The molecule has 2 heterocycles. The van der Waals surface area contributed by atoms with E-state index in [4.69, 9.17) is 9.15 Å². The first-order chi connectivity index (χ1) is 15.9. The van der Waals surface area contributed by atoms with Crippen LogP contribution < -0.4 is 10.1 Å². The minimum Gasteiger partial charge on any atom is -0.494 e. The summed E-state index contributed by atoms with van der Waals surface area (Å²) in [6.07, 6.45) is 4.73. The summed E-state index contributed by atoms with van der Waals surface area (Å²) in [6.45, 7) is 1.20. The van der Waals surface area contributed by atoms with E-state index in [-0.39, 0.29) is 34.6 Å². The molecule has 0 radical (unpaired) electrons. The molecule has 2 aromatic carbocycles. The number of furan rings is 1. The smallest absolute Gasteiger partial charge is 0.253 e. The van der Waals surface area contributed by atoms with Crippen LogP contribution in [0.15, 0.2) is 47.1 Å². The Balaban J connectivity index is 1.16. The second-order valence-electron chi connectivity index (χ2n) is 8.98. The van der Waals surface area contributed by atoms with Gasteiger partial charge in [-0.05, 0) is 67.5 Å². The Kier molecular flexibility index (Phi) is 5.31. The maximum Gasteiger partial charge on any atom is 0.253 e. The SMILES string of the molecule is COc1ccc(C(=O)N2CCC3(CC2)CC(NC(=O)c2ccc(F)c4occc24)C3)cc1F. The molecule has 5 rings (SSSR count). The monoisotopic (exact) mass is 454 g/mol. The Labute approximate surface area is 189 Å². The average Bonchev–Trinajstić information content (AvgIpc) is 3.29. The number of nitrogens with one attached hydrogen (secondary N) is 1. The van der Waals surface area contributed by atoms with Crippen LogP contribution in [0.5, 0.6) is 5.75 Å². The Morgan fingerprint density at radius 3 is 2.55 bits per heavy atom. The Morgan fingerprint density at radius 2 is 1.85 bits per heavy atom. The van der Waals surface area contributed by atoms with E-state index in [0.717, 1.165) is 25.7 Å².